The zero-order valence-electron chi connectivity index (χ0n) is 10.0. The summed E-state index contributed by atoms with van der Waals surface area (Å²) >= 11 is 0. The molecule has 94 valence electrons. The van der Waals surface area contributed by atoms with E-state index in [0.29, 0.717) is 12.6 Å². The summed E-state index contributed by atoms with van der Waals surface area (Å²) in [6, 6.07) is 7.75. The lowest BCUT2D eigenvalue weighted by atomic mass is 10.2. The third kappa shape index (κ3) is 3.35. The van der Waals surface area contributed by atoms with Gasteiger partial charge in [0.25, 0.3) is 0 Å². The van der Waals surface area contributed by atoms with E-state index in [-0.39, 0.29) is 6.61 Å². The molecule has 0 amide bonds. The van der Waals surface area contributed by atoms with Gasteiger partial charge >= 0.3 is 0 Å². The van der Waals surface area contributed by atoms with Gasteiger partial charge in [-0.15, -0.1) is 0 Å². The van der Waals surface area contributed by atoms with Gasteiger partial charge in [-0.2, -0.15) is 0 Å². The van der Waals surface area contributed by atoms with E-state index in [2.05, 4.69) is 4.90 Å². The van der Waals surface area contributed by atoms with Crippen LogP contribution in [0.15, 0.2) is 24.3 Å². The number of rotatable bonds is 5. The number of aliphatic hydroxyl groups is 1. The first kappa shape index (κ1) is 12.2. The highest BCUT2D eigenvalue weighted by Gasteiger charge is 2.22. The molecule has 0 spiro atoms. The minimum absolute atomic E-state index is 0.252. The number of nitrogens with two attached hydrogens (primary N) is 1. The van der Waals surface area contributed by atoms with Gasteiger partial charge in [-0.05, 0) is 43.7 Å². The molecule has 0 aromatic heterocycles. The Labute approximate surface area is 102 Å². The first-order valence-electron chi connectivity index (χ1n) is 6.13. The van der Waals surface area contributed by atoms with Gasteiger partial charge in [-0.1, -0.05) is 0 Å². The number of benzene rings is 1. The number of likely N-dealkylation sites (tertiary alicyclic amines) is 1. The van der Waals surface area contributed by atoms with E-state index in [1.807, 2.05) is 24.3 Å². The van der Waals surface area contributed by atoms with Crippen LogP contribution >= 0.6 is 0 Å². The number of nitrogen functional groups attached to an aromatic ring is 1. The van der Waals surface area contributed by atoms with Gasteiger partial charge < -0.3 is 15.6 Å². The van der Waals surface area contributed by atoms with Crippen molar-refractivity contribution < 1.29 is 9.84 Å². The lowest BCUT2D eigenvalue weighted by Gasteiger charge is -2.22. The van der Waals surface area contributed by atoms with Crippen LogP contribution < -0.4 is 10.5 Å². The van der Waals surface area contributed by atoms with Crippen molar-refractivity contribution in [3.05, 3.63) is 24.3 Å². The van der Waals surface area contributed by atoms with Crippen molar-refractivity contribution in [2.45, 2.75) is 18.9 Å². The molecule has 2 rings (SSSR count). The molecule has 0 unspecified atom stereocenters. The molecule has 1 aromatic rings. The zero-order valence-corrected chi connectivity index (χ0v) is 10.0. The number of aliphatic hydroxyl groups excluding tert-OH is 1. The van der Waals surface area contributed by atoms with Crippen LogP contribution in [0.2, 0.25) is 0 Å². The van der Waals surface area contributed by atoms with Crippen molar-refractivity contribution in [1.29, 1.82) is 0 Å². The second-order valence-corrected chi connectivity index (χ2v) is 4.43. The van der Waals surface area contributed by atoms with Crippen LogP contribution in [0.5, 0.6) is 5.75 Å². The van der Waals surface area contributed by atoms with Crippen LogP contribution in [0.1, 0.15) is 12.8 Å². The van der Waals surface area contributed by atoms with Crippen LogP contribution in [0.25, 0.3) is 0 Å². The summed E-state index contributed by atoms with van der Waals surface area (Å²) in [6.07, 6.45) is 2.27. The Morgan fingerprint density at radius 2 is 2.12 bits per heavy atom. The smallest absolute Gasteiger partial charge is 0.119 e. The molecule has 0 aliphatic carbocycles. The van der Waals surface area contributed by atoms with Crippen LogP contribution in [0.4, 0.5) is 5.69 Å². The number of hydrogen-bond donors (Lipinski definition) is 2. The summed E-state index contributed by atoms with van der Waals surface area (Å²) in [6.45, 7) is 2.84. The van der Waals surface area contributed by atoms with E-state index in [0.717, 1.165) is 30.9 Å². The van der Waals surface area contributed by atoms with Crippen molar-refractivity contribution in [3.8, 4) is 5.75 Å². The maximum Gasteiger partial charge on any atom is 0.119 e. The Balaban J connectivity index is 1.74. The van der Waals surface area contributed by atoms with Crippen molar-refractivity contribution >= 4 is 5.69 Å². The van der Waals surface area contributed by atoms with E-state index >= 15 is 0 Å². The van der Waals surface area contributed by atoms with Crippen molar-refractivity contribution in [2.24, 2.45) is 0 Å². The molecule has 1 aliphatic rings. The minimum Gasteiger partial charge on any atom is -0.492 e. The monoisotopic (exact) mass is 236 g/mol. The van der Waals surface area contributed by atoms with Crippen LogP contribution in [0.3, 0.4) is 0 Å². The van der Waals surface area contributed by atoms with Gasteiger partial charge in [0.15, 0.2) is 0 Å². The fraction of sp³-hybridized carbons (Fsp3) is 0.538. The molecular formula is C13H20N2O2. The topological polar surface area (TPSA) is 58.7 Å². The molecule has 0 bridgehead atoms. The van der Waals surface area contributed by atoms with Crippen LogP contribution in [-0.4, -0.2) is 42.4 Å². The molecule has 1 atom stereocenters. The fourth-order valence-corrected chi connectivity index (χ4v) is 2.24. The molecule has 1 fully saturated rings. The fourth-order valence-electron chi connectivity index (χ4n) is 2.24. The van der Waals surface area contributed by atoms with Crippen molar-refractivity contribution in [3.63, 3.8) is 0 Å². The second kappa shape index (κ2) is 5.89. The van der Waals surface area contributed by atoms with E-state index in [1.54, 1.807) is 0 Å². The Bertz CT molecular complexity index is 340. The summed E-state index contributed by atoms with van der Waals surface area (Å²) in [4.78, 5) is 2.29. The normalized spacial score (nSPS) is 20.6. The summed E-state index contributed by atoms with van der Waals surface area (Å²) in [5.41, 5.74) is 6.35. The lowest BCUT2D eigenvalue weighted by Crippen LogP contribution is -2.35. The number of anilines is 1. The highest BCUT2D eigenvalue weighted by Crippen LogP contribution is 2.17. The molecular weight excluding hydrogens is 216 g/mol. The van der Waals surface area contributed by atoms with E-state index in [9.17, 15) is 5.11 Å². The Morgan fingerprint density at radius 3 is 2.82 bits per heavy atom. The molecule has 0 radical (unpaired) electrons. The predicted molar refractivity (Wildman–Crippen MR) is 68.0 cm³/mol. The molecule has 1 aromatic carbocycles. The van der Waals surface area contributed by atoms with Gasteiger partial charge in [-0.3, -0.25) is 4.90 Å². The standard InChI is InChI=1S/C13H20N2O2/c14-11-3-5-13(6-4-11)17-9-8-15-7-1-2-12(15)10-16/h3-6,12,16H,1-2,7-10,14H2/t12-/m0/s1. The molecule has 1 saturated heterocycles. The summed E-state index contributed by atoms with van der Waals surface area (Å²) < 4.78 is 5.64. The summed E-state index contributed by atoms with van der Waals surface area (Å²) in [5, 5.41) is 9.19. The van der Waals surface area contributed by atoms with E-state index in [4.69, 9.17) is 10.5 Å². The molecule has 0 saturated carbocycles. The third-order valence-corrected chi connectivity index (χ3v) is 3.24. The number of ether oxygens (including phenoxy) is 1. The van der Waals surface area contributed by atoms with E-state index in [1.165, 1.54) is 6.42 Å². The Morgan fingerprint density at radius 1 is 1.35 bits per heavy atom. The Kier molecular flexibility index (Phi) is 4.23. The van der Waals surface area contributed by atoms with E-state index < -0.39 is 0 Å². The predicted octanol–water partition coefficient (Wildman–Crippen LogP) is 1.10. The summed E-state index contributed by atoms with van der Waals surface area (Å²) in [7, 11) is 0. The molecule has 1 aliphatic heterocycles. The summed E-state index contributed by atoms with van der Waals surface area (Å²) in [5.74, 6) is 0.846. The molecule has 4 nitrogen and oxygen atoms in total. The average Bonchev–Trinajstić information content (AvgIpc) is 2.79. The van der Waals surface area contributed by atoms with Crippen LogP contribution in [-0.2, 0) is 0 Å². The molecule has 1 heterocycles. The van der Waals surface area contributed by atoms with Gasteiger partial charge in [0.2, 0.25) is 0 Å². The Hall–Kier alpha value is -1.26. The SMILES string of the molecule is Nc1ccc(OCCN2CCC[C@H]2CO)cc1. The van der Waals surface area contributed by atoms with Gasteiger partial charge in [-0.25, -0.2) is 0 Å². The second-order valence-electron chi connectivity index (χ2n) is 4.43. The average molecular weight is 236 g/mol. The highest BCUT2D eigenvalue weighted by molar-refractivity contribution is 5.41. The van der Waals surface area contributed by atoms with Gasteiger partial charge in [0, 0.05) is 18.3 Å². The van der Waals surface area contributed by atoms with Crippen molar-refractivity contribution in [1.82, 2.24) is 4.90 Å². The maximum atomic E-state index is 9.19. The molecule has 3 N–H and O–H groups in total. The molecule has 4 heteroatoms. The maximum absolute atomic E-state index is 9.19. The third-order valence-electron chi connectivity index (χ3n) is 3.24. The first-order chi connectivity index (χ1) is 8.29. The number of nitrogens with zero attached hydrogens (tertiary/aromatic N) is 1. The van der Waals surface area contributed by atoms with Crippen LogP contribution in [0, 0.1) is 0 Å². The number of hydrogen-bond acceptors (Lipinski definition) is 4. The quantitative estimate of drug-likeness (QED) is 0.752. The van der Waals surface area contributed by atoms with Gasteiger partial charge in [0.1, 0.15) is 12.4 Å². The van der Waals surface area contributed by atoms with Crippen molar-refractivity contribution in [2.75, 3.05) is 32.0 Å². The molecule has 17 heavy (non-hydrogen) atoms. The first-order valence-corrected chi connectivity index (χ1v) is 6.13. The minimum atomic E-state index is 0.252. The largest absolute Gasteiger partial charge is 0.492 e. The highest BCUT2D eigenvalue weighted by atomic mass is 16.5. The lowest BCUT2D eigenvalue weighted by molar-refractivity contribution is 0.139. The van der Waals surface area contributed by atoms with Gasteiger partial charge in [0.05, 0.1) is 6.61 Å². The zero-order chi connectivity index (χ0) is 12.1.